The number of thioether (sulfide) groups is 1. The average molecular weight is 371 g/mol. The largest absolute Gasteiger partial charge is 0.383 e. The lowest BCUT2D eigenvalue weighted by molar-refractivity contribution is 0.186. The van der Waals surface area contributed by atoms with Gasteiger partial charge in [0.1, 0.15) is 6.04 Å². The molecule has 0 bridgehead atoms. The van der Waals surface area contributed by atoms with Crippen molar-refractivity contribution in [2.24, 2.45) is 4.99 Å². The first-order valence-corrected chi connectivity index (χ1v) is 10.1. The minimum absolute atomic E-state index is 0.0579. The molecule has 1 saturated heterocycles. The van der Waals surface area contributed by atoms with E-state index < -0.39 is 0 Å². The maximum Gasteiger partial charge on any atom is 0.160 e. The van der Waals surface area contributed by atoms with Gasteiger partial charge in [-0.25, -0.2) is 0 Å². The van der Waals surface area contributed by atoms with Crippen LogP contribution in [0.1, 0.15) is 41.7 Å². The molecule has 0 amide bonds. The van der Waals surface area contributed by atoms with Crippen molar-refractivity contribution >= 4 is 16.9 Å². The number of ether oxygens (including phenoxy) is 1. The fourth-order valence-electron chi connectivity index (χ4n) is 4.11. The molecule has 1 fully saturated rings. The van der Waals surface area contributed by atoms with Crippen LogP contribution in [0.25, 0.3) is 0 Å². The Morgan fingerprint density at radius 2 is 2.15 bits per heavy atom. The third-order valence-electron chi connectivity index (χ3n) is 5.33. The molecule has 0 aromatic carbocycles. The first-order valence-electron chi connectivity index (χ1n) is 9.17. The molecule has 4 heterocycles. The van der Waals surface area contributed by atoms with Crippen molar-refractivity contribution in [2.45, 2.75) is 44.6 Å². The molecule has 138 valence electrons. The standard InChI is InChI=1S/C20H26N4OS/c1-13-11-16(15(3)23(13)9-10-25-4)19-18(17-7-5-6-8-21-17)22-20-24(19)12-14(2)26-20/h5-8,11,14,18-19H,9-10,12H2,1-4H3/t14-,18+,19-/m1/s1. The Hall–Kier alpha value is -1.79. The van der Waals surface area contributed by atoms with Crippen molar-refractivity contribution < 1.29 is 4.74 Å². The van der Waals surface area contributed by atoms with Crippen LogP contribution in [0, 0.1) is 13.8 Å². The van der Waals surface area contributed by atoms with E-state index >= 15 is 0 Å². The Balaban J connectivity index is 1.75. The maximum absolute atomic E-state index is 5.30. The van der Waals surface area contributed by atoms with Crippen molar-refractivity contribution in [1.29, 1.82) is 0 Å². The number of fused-ring (bicyclic) bond motifs is 1. The highest BCUT2D eigenvalue weighted by atomic mass is 32.2. The van der Waals surface area contributed by atoms with E-state index in [1.54, 1.807) is 7.11 Å². The van der Waals surface area contributed by atoms with Gasteiger partial charge in [0.05, 0.1) is 18.3 Å². The lowest BCUT2D eigenvalue weighted by Crippen LogP contribution is -2.29. The number of methoxy groups -OCH3 is 1. The smallest absolute Gasteiger partial charge is 0.160 e. The number of pyridine rings is 1. The Kier molecular flexibility index (Phi) is 4.80. The topological polar surface area (TPSA) is 42.6 Å². The quantitative estimate of drug-likeness (QED) is 0.804. The zero-order chi connectivity index (χ0) is 18.3. The van der Waals surface area contributed by atoms with E-state index in [1.807, 2.05) is 24.0 Å². The highest BCUT2D eigenvalue weighted by molar-refractivity contribution is 8.14. The molecule has 5 nitrogen and oxygen atoms in total. The van der Waals surface area contributed by atoms with Gasteiger partial charge in [-0.15, -0.1) is 0 Å². The SMILES string of the molecule is COCCn1c(C)cc([C@@H]2[C@H](c3ccccn3)N=C3S[C@H](C)CN32)c1C. The van der Waals surface area contributed by atoms with Crippen LogP contribution in [0.3, 0.4) is 0 Å². The molecule has 2 aromatic rings. The van der Waals surface area contributed by atoms with Gasteiger partial charge in [0.25, 0.3) is 0 Å². The van der Waals surface area contributed by atoms with Gasteiger partial charge in [-0.05, 0) is 37.6 Å². The highest BCUT2D eigenvalue weighted by Gasteiger charge is 2.44. The third-order valence-corrected chi connectivity index (χ3v) is 6.43. The zero-order valence-electron chi connectivity index (χ0n) is 15.8. The van der Waals surface area contributed by atoms with Gasteiger partial charge in [0.15, 0.2) is 5.17 Å². The van der Waals surface area contributed by atoms with Crippen LogP contribution in [0.4, 0.5) is 0 Å². The fraction of sp³-hybridized carbons (Fsp3) is 0.500. The molecular formula is C20H26N4OS. The van der Waals surface area contributed by atoms with Gasteiger partial charge < -0.3 is 14.2 Å². The molecule has 2 aliphatic rings. The number of aliphatic imine (C=N–C) groups is 1. The molecule has 0 N–H and O–H groups in total. The van der Waals surface area contributed by atoms with Crippen LogP contribution >= 0.6 is 11.8 Å². The number of amidine groups is 1. The van der Waals surface area contributed by atoms with Crippen LogP contribution in [-0.4, -0.2) is 45.1 Å². The summed E-state index contributed by atoms with van der Waals surface area (Å²) < 4.78 is 7.66. The Morgan fingerprint density at radius 1 is 1.31 bits per heavy atom. The molecule has 0 saturated carbocycles. The monoisotopic (exact) mass is 370 g/mol. The number of rotatable bonds is 5. The van der Waals surface area contributed by atoms with E-state index in [2.05, 4.69) is 53.4 Å². The second-order valence-corrected chi connectivity index (χ2v) is 8.51. The summed E-state index contributed by atoms with van der Waals surface area (Å²) in [7, 11) is 1.76. The zero-order valence-corrected chi connectivity index (χ0v) is 16.7. The van der Waals surface area contributed by atoms with E-state index in [9.17, 15) is 0 Å². The molecule has 4 rings (SSSR count). The van der Waals surface area contributed by atoms with E-state index in [0.29, 0.717) is 5.25 Å². The Morgan fingerprint density at radius 3 is 2.88 bits per heavy atom. The lowest BCUT2D eigenvalue weighted by atomic mass is 9.96. The molecule has 2 aromatic heterocycles. The normalized spacial score (nSPS) is 24.8. The van der Waals surface area contributed by atoms with Crippen molar-refractivity contribution in [3.05, 3.63) is 53.1 Å². The molecular weight excluding hydrogens is 344 g/mol. The number of aryl methyl sites for hydroxylation is 1. The summed E-state index contributed by atoms with van der Waals surface area (Å²) in [6.45, 7) is 9.33. The van der Waals surface area contributed by atoms with E-state index in [-0.39, 0.29) is 12.1 Å². The first-order chi connectivity index (χ1) is 12.6. The number of aromatic nitrogens is 2. The van der Waals surface area contributed by atoms with Crippen LogP contribution < -0.4 is 0 Å². The van der Waals surface area contributed by atoms with Gasteiger partial charge in [0.2, 0.25) is 0 Å². The molecule has 0 aliphatic carbocycles. The number of hydrogen-bond donors (Lipinski definition) is 0. The van der Waals surface area contributed by atoms with E-state index in [1.165, 1.54) is 22.1 Å². The summed E-state index contributed by atoms with van der Waals surface area (Å²) in [5, 5.41) is 1.75. The van der Waals surface area contributed by atoms with Gasteiger partial charge in [-0.3, -0.25) is 9.98 Å². The van der Waals surface area contributed by atoms with Crippen molar-refractivity contribution in [1.82, 2.24) is 14.5 Å². The van der Waals surface area contributed by atoms with Gasteiger partial charge in [0, 0.05) is 43.0 Å². The summed E-state index contributed by atoms with van der Waals surface area (Å²) in [6, 6.07) is 8.73. The fourth-order valence-corrected chi connectivity index (χ4v) is 5.20. The summed E-state index contributed by atoms with van der Waals surface area (Å²) in [5.74, 6) is 0. The van der Waals surface area contributed by atoms with Gasteiger partial charge >= 0.3 is 0 Å². The molecule has 26 heavy (non-hydrogen) atoms. The van der Waals surface area contributed by atoms with Crippen molar-refractivity contribution in [3.8, 4) is 0 Å². The van der Waals surface area contributed by atoms with Gasteiger partial charge in [-0.1, -0.05) is 24.8 Å². The number of hydrogen-bond acceptors (Lipinski definition) is 5. The van der Waals surface area contributed by atoms with Crippen molar-refractivity contribution in [2.75, 3.05) is 20.3 Å². The molecule has 3 atom stereocenters. The second kappa shape index (κ2) is 7.08. The average Bonchev–Trinajstić information content (AvgIpc) is 3.24. The molecule has 6 heteroatoms. The van der Waals surface area contributed by atoms with Crippen LogP contribution in [0.2, 0.25) is 0 Å². The Labute approximate surface area is 159 Å². The first kappa shape index (κ1) is 17.6. The minimum atomic E-state index is 0.0579. The lowest BCUT2D eigenvalue weighted by Gasteiger charge is -2.27. The second-order valence-electron chi connectivity index (χ2n) is 7.11. The summed E-state index contributed by atoms with van der Waals surface area (Å²) in [5.41, 5.74) is 5.01. The predicted molar refractivity (Wildman–Crippen MR) is 107 cm³/mol. The maximum atomic E-state index is 5.30. The Bertz CT molecular complexity index is 817. The highest BCUT2D eigenvalue weighted by Crippen LogP contribution is 2.48. The van der Waals surface area contributed by atoms with Crippen LogP contribution in [0.15, 0.2) is 35.5 Å². The third kappa shape index (κ3) is 2.95. The number of nitrogens with zero attached hydrogens (tertiary/aromatic N) is 4. The van der Waals surface area contributed by atoms with Crippen LogP contribution in [0.5, 0.6) is 0 Å². The van der Waals surface area contributed by atoms with Crippen molar-refractivity contribution in [3.63, 3.8) is 0 Å². The minimum Gasteiger partial charge on any atom is -0.383 e. The van der Waals surface area contributed by atoms with Gasteiger partial charge in [-0.2, -0.15) is 0 Å². The molecule has 0 unspecified atom stereocenters. The summed E-state index contributed by atoms with van der Waals surface area (Å²) in [4.78, 5) is 12.2. The van der Waals surface area contributed by atoms with E-state index in [4.69, 9.17) is 9.73 Å². The molecule has 0 spiro atoms. The predicted octanol–water partition coefficient (Wildman–Crippen LogP) is 3.74. The molecule has 2 aliphatic heterocycles. The molecule has 0 radical (unpaired) electrons. The van der Waals surface area contributed by atoms with Crippen LogP contribution in [-0.2, 0) is 11.3 Å². The van der Waals surface area contributed by atoms with E-state index in [0.717, 1.165) is 25.4 Å². The summed E-state index contributed by atoms with van der Waals surface area (Å²) >= 11 is 1.89. The summed E-state index contributed by atoms with van der Waals surface area (Å²) in [6.07, 6.45) is 1.87.